The fraction of sp³-hybridized carbons (Fsp3) is 0.250. The van der Waals surface area contributed by atoms with Crippen LogP contribution in [0.4, 0.5) is 0 Å². The zero-order chi connectivity index (χ0) is 7.68. The van der Waals surface area contributed by atoms with E-state index in [0.717, 1.165) is 0 Å². The number of ether oxygens (including phenoxy) is 3. The molecule has 1 aliphatic carbocycles. The van der Waals surface area contributed by atoms with Gasteiger partial charge in [-0.05, 0) is 5.73 Å². The van der Waals surface area contributed by atoms with E-state index in [4.69, 9.17) is 14.2 Å². The molecule has 0 atom stereocenters. The molecular formula is C8H6O3. The zero-order valence-electron chi connectivity index (χ0n) is 6.01. The first-order valence-electron chi connectivity index (χ1n) is 3.18. The minimum atomic E-state index is 0.236. The van der Waals surface area contributed by atoms with Gasteiger partial charge >= 0.3 is 0 Å². The average Bonchev–Trinajstić information content (AvgIpc) is 2.50. The molecule has 0 N–H and O–H groups in total. The van der Waals surface area contributed by atoms with Crippen LogP contribution in [0, 0.1) is 0 Å². The van der Waals surface area contributed by atoms with Gasteiger partial charge in [-0.2, -0.15) is 0 Å². The second kappa shape index (κ2) is 2.24. The molecule has 56 valence electrons. The first-order valence-corrected chi connectivity index (χ1v) is 3.18. The molecule has 0 bridgehead atoms. The Morgan fingerprint density at radius 3 is 3.27 bits per heavy atom. The van der Waals surface area contributed by atoms with Crippen LogP contribution in [-0.4, -0.2) is 13.9 Å². The lowest BCUT2D eigenvalue weighted by molar-refractivity contribution is 0.0940. The molecule has 1 aliphatic heterocycles. The van der Waals surface area contributed by atoms with E-state index in [1.54, 1.807) is 13.2 Å². The standard InChI is InChI=1S/C8H6O3/c1-9-6-3-2-4-7-8(6)11-5-10-7/h3H,5H2,1H3. The normalized spacial score (nSPS) is 18.8. The van der Waals surface area contributed by atoms with Gasteiger partial charge in [0.15, 0.2) is 5.76 Å². The minimum Gasteiger partial charge on any atom is -0.492 e. The van der Waals surface area contributed by atoms with Crippen molar-refractivity contribution >= 4 is 0 Å². The molecule has 1 fully saturated rings. The zero-order valence-corrected chi connectivity index (χ0v) is 6.01. The molecule has 3 nitrogen and oxygen atoms in total. The molecule has 0 radical (unpaired) electrons. The van der Waals surface area contributed by atoms with Gasteiger partial charge in [0.1, 0.15) is 0 Å². The highest BCUT2D eigenvalue weighted by atomic mass is 16.7. The predicted octanol–water partition coefficient (Wildman–Crippen LogP) is 1.06. The van der Waals surface area contributed by atoms with Crippen molar-refractivity contribution in [1.29, 1.82) is 0 Å². The number of rotatable bonds is 1. The van der Waals surface area contributed by atoms with Gasteiger partial charge in [-0.1, -0.05) is 5.73 Å². The van der Waals surface area contributed by atoms with Crippen LogP contribution in [0.3, 0.4) is 0 Å². The first-order chi connectivity index (χ1) is 5.42. The largest absolute Gasteiger partial charge is 0.492 e. The van der Waals surface area contributed by atoms with Crippen molar-refractivity contribution < 1.29 is 14.2 Å². The van der Waals surface area contributed by atoms with Gasteiger partial charge in [0.25, 0.3) is 0 Å². The molecule has 0 aromatic rings. The van der Waals surface area contributed by atoms with E-state index in [-0.39, 0.29) is 6.79 Å². The number of hydrogen-bond acceptors (Lipinski definition) is 3. The van der Waals surface area contributed by atoms with Gasteiger partial charge in [0.05, 0.1) is 7.11 Å². The van der Waals surface area contributed by atoms with Gasteiger partial charge in [0, 0.05) is 6.08 Å². The minimum absolute atomic E-state index is 0.236. The second-order valence-electron chi connectivity index (χ2n) is 2.05. The fourth-order valence-corrected chi connectivity index (χ4v) is 0.939. The van der Waals surface area contributed by atoms with Crippen LogP contribution in [-0.2, 0) is 14.2 Å². The predicted molar refractivity (Wildman–Crippen MR) is 36.2 cm³/mol. The highest BCUT2D eigenvalue weighted by Crippen LogP contribution is 2.25. The van der Waals surface area contributed by atoms with Crippen molar-refractivity contribution in [2.24, 2.45) is 0 Å². The van der Waals surface area contributed by atoms with Crippen LogP contribution < -0.4 is 0 Å². The molecule has 0 unspecified atom stereocenters. The first kappa shape index (κ1) is 6.17. The number of allylic oxidation sites excluding steroid dienone is 1. The molecule has 0 saturated carbocycles. The maximum atomic E-state index is 5.12. The van der Waals surface area contributed by atoms with Crippen LogP contribution in [0.1, 0.15) is 0 Å². The van der Waals surface area contributed by atoms with Crippen molar-refractivity contribution in [2.45, 2.75) is 0 Å². The Morgan fingerprint density at radius 1 is 1.55 bits per heavy atom. The van der Waals surface area contributed by atoms with Gasteiger partial charge in [-0.3, -0.25) is 0 Å². The lowest BCUT2D eigenvalue weighted by atomic mass is 10.3. The molecular weight excluding hydrogens is 144 g/mol. The number of fused-ring (bicyclic) bond motifs is 1. The van der Waals surface area contributed by atoms with E-state index >= 15 is 0 Å². The van der Waals surface area contributed by atoms with E-state index < -0.39 is 0 Å². The third kappa shape index (κ3) is 0.838. The molecule has 2 rings (SSSR count). The lowest BCUT2D eigenvalue weighted by Crippen LogP contribution is -1.93. The van der Waals surface area contributed by atoms with E-state index in [0.29, 0.717) is 17.3 Å². The molecule has 0 aromatic carbocycles. The molecule has 0 amide bonds. The molecule has 1 saturated heterocycles. The van der Waals surface area contributed by atoms with E-state index in [9.17, 15) is 0 Å². The monoisotopic (exact) mass is 150 g/mol. The maximum absolute atomic E-state index is 5.12. The van der Waals surface area contributed by atoms with Crippen molar-refractivity contribution in [3.8, 4) is 0 Å². The van der Waals surface area contributed by atoms with Crippen LogP contribution in [0.2, 0.25) is 0 Å². The second-order valence-corrected chi connectivity index (χ2v) is 2.05. The summed E-state index contributed by atoms with van der Waals surface area (Å²) in [6.07, 6.45) is 1.66. The summed E-state index contributed by atoms with van der Waals surface area (Å²) in [5, 5.41) is 0. The van der Waals surface area contributed by atoms with Gasteiger partial charge in [-0.15, -0.1) is 0 Å². The summed E-state index contributed by atoms with van der Waals surface area (Å²) in [6.45, 7) is 0.236. The van der Waals surface area contributed by atoms with E-state index in [2.05, 4.69) is 11.5 Å². The van der Waals surface area contributed by atoms with Gasteiger partial charge in [-0.25, -0.2) is 0 Å². The fourth-order valence-electron chi connectivity index (χ4n) is 0.939. The third-order valence-corrected chi connectivity index (χ3v) is 1.45. The Kier molecular flexibility index (Phi) is 1.26. The molecule has 11 heavy (non-hydrogen) atoms. The highest BCUT2D eigenvalue weighted by Gasteiger charge is 2.22. The molecule has 0 spiro atoms. The quantitative estimate of drug-likeness (QED) is 0.523. The summed E-state index contributed by atoms with van der Waals surface area (Å²) < 4.78 is 15.2. The molecule has 0 aromatic heterocycles. The highest BCUT2D eigenvalue weighted by molar-refractivity contribution is 5.33. The third-order valence-electron chi connectivity index (χ3n) is 1.45. The summed E-state index contributed by atoms with van der Waals surface area (Å²) in [7, 11) is 1.57. The van der Waals surface area contributed by atoms with E-state index in [1.807, 2.05) is 0 Å². The van der Waals surface area contributed by atoms with Crippen molar-refractivity contribution in [1.82, 2.24) is 0 Å². The Balaban J connectivity index is 2.50. The SMILES string of the molecule is COC1=C2OCOC2=C=C=C1. The molecule has 2 aliphatic rings. The topological polar surface area (TPSA) is 27.7 Å². The average molecular weight is 150 g/mol. The smallest absolute Gasteiger partial charge is 0.232 e. The van der Waals surface area contributed by atoms with Crippen molar-refractivity contribution in [3.63, 3.8) is 0 Å². The van der Waals surface area contributed by atoms with Crippen LogP contribution in [0.5, 0.6) is 0 Å². The summed E-state index contributed by atoms with van der Waals surface area (Å²) >= 11 is 0. The Labute approximate surface area is 63.9 Å². The molecule has 3 heteroatoms. The molecule has 1 heterocycles. The van der Waals surface area contributed by atoms with Gasteiger partial charge < -0.3 is 14.2 Å². The Hall–Kier alpha value is -1.56. The number of hydrogen-bond donors (Lipinski definition) is 0. The van der Waals surface area contributed by atoms with Crippen LogP contribution >= 0.6 is 0 Å². The summed E-state index contributed by atoms with van der Waals surface area (Å²) in [6, 6.07) is 0. The van der Waals surface area contributed by atoms with Crippen LogP contribution in [0.15, 0.2) is 34.8 Å². The number of methoxy groups -OCH3 is 1. The Bertz CT molecular complexity index is 312. The van der Waals surface area contributed by atoms with E-state index in [1.165, 1.54) is 0 Å². The Morgan fingerprint density at radius 2 is 2.45 bits per heavy atom. The lowest BCUT2D eigenvalue weighted by Gasteiger charge is -2.02. The maximum Gasteiger partial charge on any atom is 0.232 e. The summed E-state index contributed by atoms with van der Waals surface area (Å²) in [5.74, 6) is 1.83. The van der Waals surface area contributed by atoms with Crippen molar-refractivity contribution in [2.75, 3.05) is 13.9 Å². The summed E-state index contributed by atoms with van der Waals surface area (Å²) in [5.41, 5.74) is 5.53. The summed E-state index contributed by atoms with van der Waals surface area (Å²) in [4.78, 5) is 0. The van der Waals surface area contributed by atoms with Crippen molar-refractivity contribution in [3.05, 3.63) is 34.8 Å². The van der Waals surface area contributed by atoms with Gasteiger partial charge in [0.2, 0.25) is 18.3 Å². The van der Waals surface area contributed by atoms with Crippen LogP contribution in [0.25, 0.3) is 0 Å².